The van der Waals surface area contributed by atoms with Crippen LogP contribution in [-0.2, 0) is 4.79 Å². The van der Waals surface area contributed by atoms with E-state index in [4.69, 9.17) is 0 Å². The molecule has 1 atom stereocenters. The monoisotopic (exact) mass is 241 g/mol. The number of nitrogens with zero attached hydrogens (tertiary/aromatic N) is 1. The third kappa shape index (κ3) is 4.63. The van der Waals surface area contributed by atoms with E-state index in [-0.39, 0.29) is 18.0 Å². The van der Waals surface area contributed by atoms with Gasteiger partial charge < -0.3 is 15.5 Å². The van der Waals surface area contributed by atoms with E-state index >= 15 is 0 Å². The Kier molecular flexibility index (Phi) is 5.25. The highest BCUT2D eigenvalue weighted by molar-refractivity contribution is 5.86. The van der Waals surface area contributed by atoms with Crippen LogP contribution in [0.25, 0.3) is 0 Å². The van der Waals surface area contributed by atoms with Crippen LogP contribution in [0, 0.1) is 0 Å². The Morgan fingerprint density at radius 2 is 1.59 bits per heavy atom. The molecule has 0 aromatic carbocycles. The minimum atomic E-state index is -0.480. The van der Waals surface area contributed by atoms with Gasteiger partial charge in [-0.25, -0.2) is 4.79 Å². The minimum Gasteiger partial charge on any atom is -0.352 e. The molecule has 1 rings (SSSR count). The van der Waals surface area contributed by atoms with Crippen molar-refractivity contribution in [2.24, 2.45) is 0 Å². The van der Waals surface area contributed by atoms with Crippen molar-refractivity contribution in [1.29, 1.82) is 0 Å². The summed E-state index contributed by atoms with van der Waals surface area (Å²) in [5.41, 5.74) is 0. The fourth-order valence-corrected chi connectivity index (χ4v) is 1.85. The maximum Gasteiger partial charge on any atom is 0.318 e. The summed E-state index contributed by atoms with van der Waals surface area (Å²) in [5.74, 6) is -0.134. The zero-order valence-corrected chi connectivity index (χ0v) is 11.0. The van der Waals surface area contributed by atoms with Crippen LogP contribution in [0.3, 0.4) is 0 Å². The van der Waals surface area contributed by atoms with Crippen molar-refractivity contribution in [3.8, 4) is 0 Å². The van der Waals surface area contributed by atoms with Gasteiger partial charge in [-0.2, -0.15) is 0 Å². The summed E-state index contributed by atoms with van der Waals surface area (Å²) >= 11 is 0. The van der Waals surface area contributed by atoms with Crippen LogP contribution in [0.2, 0.25) is 0 Å². The summed E-state index contributed by atoms with van der Waals surface area (Å²) in [6.07, 6.45) is 3.30. The maximum atomic E-state index is 11.8. The average Bonchev–Trinajstić information content (AvgIpc) is 2.29. The van der Waals surface area contributed by atoms with Gasteiger partial charge in [0.25, 0.3) is 0 Å². The normalized spacial score (nSPS) is 17.8. The molecule has 98 valence electrons. The van der Waals surface area contributed by atoms with E-state index in [1.54, 1.807) is 11.8 Å². The van der Waals surface area contributed by atoms with Crippen LogP contribution >= 0.6 is 0 Å². The molecule has 5 heteroatoms. The van der Waals surface area contributed by atoms with E-state index in [0.29, 0.717) is 0 Å². The molecule has 1 heterocycles. The molecule has 0 aromatic rings. The van der Waals surface area contributed by atoms with Gasteiger partial charge in [0, 0.05) is 19.1 Å². The van der Waals surface area contributed by atoms with Gasteiger partial charge in [-0.05, 0) is 40.0 Å². The molecule has 1 fully saturated rings. The summed E-state index contributed by atoms with van der Waals surface area (Å²) in [6.45, 7) is 7.10. The van der Waals surface area contributed by atoms with Crippen molar-refractivity contribution in [3.05, 3.63) is 0 Å². The summed E-state index contributed by atoms with van der Waals surface area (Å²) in [5, 5.41) is 5.51. The summed E-state index contributed by atoms with van der Waals surface area (Å²) in [4.78, 5) is 25.2. The molecular formula is C12H23N3O2. The third-order valence-electron chi connectivity index (χ3n) is 2.81. The smallest absolute Gasteiger partial charge is 0.318 e. The molecule has 5 nitrogen and oxygen atoms in total. The first-order valence-corrected chi connectivity index (χ1v) is 6.36. The SMILES string of the molecule is CC(C)NC(=O)C(C)NC(=O)N1CCCCC1. The number of nitrogens with one attached hydrogen (secondary N) is 2. The van der Waals surface area contributed by atoms with Gasteiger partial charge in [-0.1, -0.05) is 0 Å². The van der Waals surface area contributed by atoms with E-state index in [9.17, 15) is 9.59 Å². The number of hydrogen-bond acceptors (Lipinski definition) is 2. The van der Waals surface area contributed by atoms with Gasteiger partial charge >= 0.3 is 6.03 Å². The lowest BCUT2D eigenvalue weighted by Gasteiger charge is -2.28. The molecule has 1 saturated heterocycles. The second kappa shape index (κ2) is 6.47. The maximum absolute atomic E-state index is 11.8. The van der Waals surface area contributed by atoms with E-state index in [1.165, 1.54) is 6.42 Å². The molecule has 1 unspecified atom stereocenters. The third-order valence-corrected chi connectivity index (χ3v) is 2.81. The molecular weight excluding hydrogens is 218 g/mol. The lowest BCUT2D eigenvalue weighted by atomic mass is 10.1. The zero-order valence-electron chi connectivity index (χ0n) is 11.0. The molecule has 17 heavy (non-hydrogen) atoms. The van der Waals surface area contributed by atoms with Gasteiger partial charge in [0.1, 0.15) is 6.04 Å². The van der Waals surface area contributed by atoms with E-state index in [0.717, 1.165) is 25.9 Å². The highest BCUT2D eigenvalue weighted by Crippen LogP contribution is 2.08. The van der Waals surface area contributed by atoms with Crippen molar-refractivity contribution in [2.75, 3.05) is 13.1 Å². The van der Waals surface area contributed by atoms with Crippen LogP contribution in [0.4, 0.5) is 4.79 Å². The highest BCUT2D eigenvalue weighted by Gasteiger charge is 2.21. The summed E-state index contributed by atoms with van der Waals surface area (Å²) in [6, 6.07) is -0.514. The molecule has 1 aliphatic rings. The quantitative estimate of drug-likeness (QED) is 0.777. The summed E-state index contributed by atoms with van der Waals surface area (Å²) in [7, 11) is 0. The molecule has 0 radical (unpaired) electrons. The van der Waals surface area contributed by atoms with E-state index in [2.05, 4.69) is 10.6 Å². The lowest BCUT2D eigenvalue weighted by Crippen LogP contribution is -2.51. The van der Waals surface area contributed by atoms with Gasteiger partial charge in [-0.3, -0.25) is 4.79 Å². The Morgan fingerprint density at radius 1 is 1.00 bits per heavy atom. The number of urea groups is 1. The highest BCUT2D eigenvalue weighted by atomic mass is 16.2. The van der Waals surface area contributed by atoms with Crippen LogP contribution < -0.4 is 10.6 Å². The molecule has 0 aromatic heterocycles. The predicted molar refractivity (Wildman–Crippen MR) is 66.7 cm³/mol. The van der Waals surface area contributed by atoms with Crippen molar-refractivity contribution in [3.63, 3.8) is 0 Å². The Hall–Kier alpha value is -1.26. The molecule has 1 aliphatic heterocycles. The van der Waals surface area contributed by atoms with Crippen molar-refractivity contribution in [2.45, 2.75) is 52.1 Å². The van der Waals surface area contributed by atoms with Gasteiger partial charge in [0.05, 0.1) is 0 Å². The van der Waals surface area contributed by atoms with Crippen LogP contribution in [0.15, 0.2) is 0 Å². The average molecular weight is 241 g/mol. The molecule has 0 aliphatic carbocycles. The van der Waals surface area contributed by atoms with Crippen molar-refractivity contribution < 1.29 is 9.59 Å². The first-order chi connectivity index (χ1) is 8.00. The van der Waals surface area contributed by atoms with Crippen LogP contribution in [0.5, 0.6) is 0 Å². The van der Waals surface area contributed by atoms with E-state index in [1.807, 2.05) is 13.8 Å². The number of carbonyl (C=O) groups is 2. The Morgan fingerprint density at radius 3 is 2.12 bits per heavy atom. The molecule has 0 spiro atoms. The molecule has 0 bridgehead atoms. The van der Waals surface area contributed by atoms with Gasteiger partial charge in [-0.15, -0.1) is 0 Å². The number of rotatable bonds is 3. The number of likely N-dealkylation sites (tertiary alicyclic amines) is 1. The van der Waals surface area contributed by atoms with Crippen LogP contribution in [0.1, 0.15) is 40.0 Å². The lowest BCUT2D eigenvalue weighted by molar-refractivity contribution is -0.123. The topological polar surface area (TPSA) is 61.4 Å². The fourth-order valence-electron chi connectivity index (χ4n) is 1.85. The predicted octanol–water partition coefficient (Wildman–Crippen LogP) is 1.09. The number of carbonyl (C=O) groups excluding carboxylic acids is 2. The minimum absolute atomic E-state index is 0.0943. The van der Waals surface area contributed by atoms with Crippen molar-refractivity contribution >= 4 is 11.9 Å². The molecule has 2 N–H and O–H groups in total. The first kappa shape index (κ1) is 13.8. The summed E-state index contributed by atoms with van der Waals surface area (Å²) < 4.78 is 0. The van der Waals surface area contributed by atoms with E-state index < -0.39 is 6.04 Å². The van der Waals surface area contributed by atoms with Gasteiger partial charge in [0.2, 0.25) is 5.91 Å². The number of amides is 3. The first-order valence-electron chi connectivity index (χ1n) is 6.36. The second-order valence-electron chi connectivity index (χ2n) is 4.88. The molecule has 3 amide bonds. The Labute approximate surface area is 103 Å². The Balaban J connectivity index is 2.36. The number of hydrogen-bond donors (Lipinski definition) is 2. The van der Waals surface area contributed by atoms with Crippen molar-refractivity contribution in [1.82, 2.24) is 15.5 Å². The zero-order chi connectivity index (χ0) is 12.8. The largest absolute Gasteiger partial charge is 0.352 e. The second-order valence-corrected chi connectivity index (χ2v) is 4.88. The van der Waals surface area contributed by atoms with Crippen LogP contribution in [-0.4, -0.2) is 42.0 Å². The number of piperidine rings is 1. The molecule has 0 saturated carbocycles. The standard InChI is InChI=1S/C12H23N3O2/c1-9(2)13-11(16)10(3)14-12(17)15-7-5-4-6-8-15/h9-10H,4-8H2,1-3H3,(H,13,16)(H,14,17). The van der Waals surface area contributed by atoms with Gasteiger partial charge in [0.15, 0.2) is 0 Å². The Bertz CT molecular complexity index is 273. The fraction of sp³-hybridized carbons (Fsp3) is 0.833.